The minimum Gasteiger partial charge on any atom is -0.497 e. The van der Waals surface area contributed by atoms with Crippen molar-refractivity contribution in [3.8, 4) is 16.9 Å². The number of amides is 1. The molecule has 4 aromatic rings. The number of pyridine rings is 1. The van der Waals surface area contributed by atoms with E-state index >= 15 is 0 Å². The van der Waals surface area contributed by atoms with Crippen molar-refractivity contribution in [2.75, 3.05) is 32.1 Å². The molecule has 0 atom stereocenters. The number of hydrogen-bond donors (Lipinski definition) is 0. The van der Waals surface area contributed by atoms with Gasteiger partial charge in [0.25, 0.3) is 5.91 Å². The van der Waals surface area contributed by atoms with E-state index in [1.54, 1.807) is 24.1 Å². The number of anilines is 1. The molecule has 0 radical (unpaired) electrons. The number of carbonyl (C=O) groups excluding carboxylic acids is 1. The maximum Gasteiger partial charge on any atom is 0.253 e. The highest BCUT2D eigenvalue weighted by Gasteiger charge is 2.13. The Morgan fingerprint density at radius 1 is 0.912 bits per heavy atom. The molecule has 0 bridgehead atoms. The van der Waals surface area contributed by atoms with E-state index in [0.717, 1.165) is 46.4 Å². The Morgan fingerprint density at radius 2 is 1.65 bits per heavy atom. The van der Waals surface area contributed by atoms with E-state index in [1.807, 2.05) is 25.4 Å². The molecule has 1 amide bonds. The van der Waals surface area contributed by atoms with E-state index < -0.39 is 0 Å². The molecule has 0 spiro atoms. The molecule has 0 aliphatic rings. The number of aromatic nitrogens is 1. The quantitative estimate of drug-likeness (QED) is 0.327. The Labute approximate surface area is 201 Å². The fourth-order valence-electron chi connectivity index (χ4n) is 4.30. The highest BCUT2D eigenvalue weighted by molar-refractivity contribution is 5.95. The second-order valence-corrected chi connectivity index (χ2v) is 8.32. The normalized spacial score (nSPS) is 10.8. The lowest BCUT2D eigenvalue weighted by Crippen LogP contribution is -2.26. The van der Waals surface area contributed by atoms with Gasteiger partial charge in [0.15, 0.2) is 0 Å². The third-order valence-corrected chi connectivity index (χ3v) is 6.19. The van der Waals surface area contributed by atoms with Crippen molar-refractivity contribution < 1.29 is 9.53 Å². The summed E-state index contributed by atoms with van der Waals surface area (Å²) in [6.07, 6.45) is 1.88. The number of benzene rings is 3. The van der Waals surface area contributed by atoms with E-state index in [4.69, 9.17) is 4.74 Å². The lowest BCUT2D eigenvalue weighted by molar-refractivity contribution is 0.0785. The van der Waals surface area contributed by atoms with Crippen LogP contribution in [0, 0.1) is 0 Å². The molecule has 3 aromatic carbocycles. The van der Waals surface area contributed by atoms with Crippen molar-refractivity contribution >= 4 is 22.5 Å². The van der Waals surface area contributed by atoms with Crippen LogP contribution in [0.3, 0.4) is 0 Å². The molecule has 0 aliphatic heterocycles. The summed E-state index contributed by atoms with van der Waals surface area (Å²) < 4.78 is 5.19. The van der Waals surface area contributed by atoms with E-state index in [-0.39, 0.29) is 5.91 Å². The first-order valence-electron chi connectivity index (χ1n) is 11.7. The number of fused-ring (bicyclic) bond motifs is 1. The average Bonchev–Trinajstić information content (AvgIpc) is 2.89. The van der Waals surface area contributed by atoms with Gasteiger partial charge in [-0.2, -0.15) is 0 Å². The Morgan fingerprint density at radius 3 is 2.35 bits per heavy atom. The van der Waals surface area contributed by atoms with E-state index in [0.29, 0.717) is 12.1 Å². The second kappa shape index (κ2) is 10.4. The van der Waals surface area contributed by atoms with Crippen LogP contribution < -0.4 is 9.64 Å². The molecule has 5 heteroatoms. The van der Waals surface area contributed by atoms with Crippen molar-refractivity contribution in [3.05, 3.63) is 90.1 Å². The van der Waals surface area contributed by atoms with Gasteiger partial charge in [-0.05, 0) is 79.1 Å². The van der Waals surface area contributed by atoms with Crippen LogP contribution in [-0.2, 0) is 6.54 Å². The number of hydrogen-bond acceptors (Lipinski definition) is 4. The van der Waals surface area contributed by atoms with Crippen LogP contribution >= 0.6 is 0 Å². The van der Waals surface area contributed by atoms with Gasteiger partial charge in [0, 0.05) is 49.5 Å². The molecule has 34 heavy (non-hydrogen) atoms. The summed E-state index contributed by atoms with van der Waals surface area (Å²) in [4.78, 5) is 21.5. The Balaban J connectivity index is 1.59. The van der Waals surface area contributed by atoms with Crippen LogP contribution in [0.2, 0.25) is 0 Å². The smallest absolute Gasteiger partial charge is 0.253 e. The molecule has 0 aliphatic carbocycles. The van der Waals surface area contributed by atoms with E-state index in [1.165, 1.54) is 5.69 Å². The SMILES string of the molecule is CCN(CC)c1ccnc2ccc(-c3cccc(CN(C)C(=O)c4ccc(OC)cc4)c3)cc12. The van der Waals surface area contributed by atoms with Gasteiger partial charge in [-0.25, -0.2) is 0 Å². The fourth-order valence-corrected chi connectivity index (χ4v) is 4.30. The van der Waals surface area contributed by atoms with Crippen LogP contribution in [0.15, 0.2) is 79.0 Å². The summed E-state index contributed by atoms with van der Waals surface area (Å²) in [5, 5.41) is 1.15. The zero-order chi connectivity index (χ0) is 24.1. The van der Waals surface area contributed by atoms with Gasteiger partial charge in [-0.1, -0.05) is 24.3 Å². The Hall–Kier alpha value is -3.86. The van der Waals surface area contributed by atoms with Crippen molar-refractivity contribution in [3.63, 3.8) is 0 Å². The van der Waals surface area contributed by atoms with Crippen LogP contribution in [0.25, 0.3) is 22.0 Å². The Bertz CT molecular complexity index is 1280. The predicted molar refractivity (Wildman–Crippen MR) is 140 cm³/mol. The third kappa shape index (κ3) is 4.88. The van der Waals surface area contributed by atoms with Crippen molar-refractivity contribution in [1.82, 2.24) is 9.88 Å². The number of rotatable bonds is 8. The number of ether oxygens (including phenoxy) is 1. The summed E-state index contributed by atoms with van der Waals surface area (Å²) in [6, 6.07) is 24.1. The van der Waals surface area contributed by atoms with Crippen LogP contribution in [0.4, 0.5) is 5.69 Å². The number of methoxy groups -OCH3 is 1. The first-order valence-corrected chi connectivity index (χ1v) is 11.7. The van der Waals surface area contributed by atoms with Gasteiger partial charge in [0.05, 0.1) is 12.6 Å². The summed E-state index contributed by atoms with van der Waals surface area (Å²) in [5.74, 6) is 0.718. The molecular formula is C29H31N3O2. The molecule has 1 aromatic heterocycles. The van der Waals surface area contributed by atoms with Gasteiger partial charge in [-0.3, -0.25) is 9.78 Å². The van der Waals surface area contributed by atoms with Crippen molar-refractivity contribution in [2.45, 2.75) is 20.4 Å². The van der Waals surface area contributed by atoms with Gasteiger partial charge in [-0.15, -0.1) is 0 Å². The zero-order valence-corrected chi connectivity index (χ0v) is 20.3. The molecule has 0 N–H and O–H groups in total. The van der Waals surface area contributed by atoms with E-state index in [9.17, 15) is 4.79 Å². The third-order valence-electron chi connectivity index (χ3n) is 6.19. The lowest BCUT2D eigenvalue weighted by Gasteiger charge is -2.23. The lowest BCUT2D eigenvalue weighted by atomic mass is 10.00. The molecule has 5 nitrogen and oxygen atoms in total. The van der Waals surface area contributed by atoms with Crippen molar-refractivity contribution in [2.24, 2.45) is 0 Å². The molecule has 4 rings (SSSR count). The molecule has 0 fully saturated rings. The molecule has 0 unspecified atom stereocenters. The minimum absolute atomic E-state index is 0.0197. The first-order chi connectivity index (χ1) is 16.5. The largest absolute Gasteiger partial charge is 0.497 e. The highest BCUT2D eigenvalue weighted by Crippen LogP contribution is 2.30. The molecule has 0 saturated carbocycles. The average molecular weight is 454 g/mol. The molecule has 0 saturated heterocycles. The van der Waals surface area contributed by atoms with Gasteiger partial charge in [0.1, 0.15) is 5.75 Å². The van der Waals surface area contributed by atoms with Crippen LogP contribution in [0.1, 0.15) is 29.8 Å². The fraction of sp³-hybridized carbons (Fsp3) is 0.241. The monoisotopic (exact) mass is 453 g/mol. The molecule has 174 valence electrons. The highest BCUT2D eigenvalue weighted by atomic mass is 16.5. The maximum absolute atomic E-state index is 12.9. The summed E-state index contributed by atoms with van der Waals surface area (Å²) in [5.41, 5.74) is 6.19. The summed E-state index contributed by atoms with van der Waals surface area (Å²) >= 11 is 0. The Kier molecular flexibility index (Phi) is 7.12. The molecular weight excluding hydrogens is 422 g/mol. The summed E-state index contributed by atoms with van der Waals surface area (Å²) in [6.45, 7) is 6.77. The second-order valence-electron chi connectivity index (χ2n) is 8.32. The van der Waals surface area contributed by atoms with Crippen LogP contribution in [0.5, 0.6) is 5.75 Å². The van der Waals surface area contributed by atoms with Gasteiger partial charge in [0.2, 0.25) is 0 Å². The number of carbonyl (C=O) groups is 1. The predicted octanol–water partition coefficient (Wildman–Crippen LogP) is 6.03. The van der Waals surface area contributed by atoms with Gasteiger partial charge >= 0.3 is 0 Å². The zero-order valence-electron chi connectivity index (χ0n) is 20.3. The number of nitrogens with zero attached hydrogens (tertiary/aromatic N) is 3. The van der Waals surface area contributed by atoms with E-state index in [2.05, 4.69) is 72.3 Å². The maximum atomic E-state index is 12.9. The minimum atomic E-state index is -0.0197. The topological polar surface area (TPSA) is 45.7 Å². The van der Waals surface area contributed by atoms with Crippen molar-refractivity contribution in [1.29, 1.82) is 0 Å². The van der Waals surface area contributed by atoms with Crippen LogP contribution in [-0.4, -0.2) is 43.0 Å². The molecule has 1 heterocycles. The summed E-state index contributed by atoms with van der Waals surface area (Å²) in [7, 11) is 3.45. The standard InChI is InChI=1S/C29H31N3O2/c1-5-32(6-2)28-16-17-30-27-15-12-24(19-26(27)28)23-9-7-8-21(18-23)20-31(3)29(33)22-10-13-25(34-4)14-11-22/h7-19H,5-6,20H2,1-4H3. The van der Waals surface area contributed by atoms with Gasteiger partial charge < -0.3 is 14.5 Å². The first kappa shape index (κ1) is 23.3.